The number of anilines is 1. The monoisotopic (exact) mass is 899 g/mol. The zero-order chi connectivity index (χ0) is 42.1. The first-order chi connectivity index (χ1) is 26.0. The van der Waals surface area contributed by atoms with Gasteiger partial charge in [0.25, 0.3) is 0 Å². The number of nitrogens with two attached hydrogens (primary N) is 1. The summed E-state index contributed by atoms with van der Waals surface area (Å²) in [6, 6.07) is 0. The van der Waals surface area contributed by atoms with Crippen LogP contribution in [0.2, 0.25) is 0 Å². The molecule has 0 aromatic carbocycles. The van der Waals surface area contributed by atoms with Gasteiger partial charge in [-0.2, -0.15) is 16.1 Å². The summed E-state index contributed by atoms with van der Waals surface area (Å²) in [5.41, 5.74) is 4.23. The second-order valence-corrected chi connectivity index (χ2v) is 18.9. The molecule has 318 valence electrons. The summed E-state index contributed by atoms with van der Waals surface area (Å²) in [5, 5.41) is 35.6. The van der Waals surface area contributed by atoms with Crippen LogP contribution in [0, 0.1) is 5.41 Å². The SMILES string of the molecule is CSCCC(O)C(=O)SCCNC(=O)CCNC(=O)[C@H](O)C(C)(C)COP(=O)(O)OP(=O)(O)OC[C@H]1O[C@@H](n2cnc3c(N)ncnc32)[C@H](O)[C@@H]1OP(=O)(O)O. The lowest BCUT2D eigenvalue weighted by Crippen LogP contribution is -2.46. The summed E-state index contributed by atoms with van der Waals surface area (Å²) in [6.07, 6.45) is -5.94. The van der Waals surface area contributed by atoms with E-state index < -0.39 is 95.8 Å². The van der Waals surface area contributed by atoms with Gasteiger partial charge in [-0.15, -0.1) is 0 Å². The highest BCUT2D eigenvalue weighted by atomic mass is 32.2. The van der Waals surface area contributed by atoms with Crippen LogP contribution < -0.4 is 16.4 Å². The van der Waals surface area contributed by atoms with Gasteiger partial charge in [0.05, 0.1) is 19.5 Å². The number of thioether (sulfide) groups is 2. The Morgan fingerprint density at radius 1 is 1.04 bits per heavy atom. The first-order valence-electron chi connectivity index (χ1n) is 16.2. The van der Waals surface area contributed by atoms with Crippen LogP contribution in [0.25, 0.3) is 11.2 Å². The van der Waals surface area contributed by atoms with Gasteiger partial charge in [-0.05, 0) is 18.4 Å². The third kappa shape index (κ3) is 14.6. The quantitative estimate of drug-likeness (QED) is 0.0461. The molecule has 11 N–H and O–H groups in total. The normalized spacial score (nSPS) is 22.2. The van der Waals surface area contributed by atoms with Crippen molar-refractivity contribution < 1.29 is 85.6 Å². The molecule has 2 amide bonds. The van der Waals surface area contributed by atoms with E-state index in [1.807, 2.05) is 6.26 Å². The third-order valence-electron chi connectivity index (χ3n) is 7.61. The molecule has 30 heteroatoms. The Morgan fingerprint density at radius 2 is 1.71 bits per heavy atom. The van der Waals surface area contributed by atoms with Crippen molar-refractivity contribution in [1.29, 1.82) is 0 Å². The molecule has 25 nitrogen and oxygen atoms in total. The maximum atomic E-state index is 12.7. The average Bonchev–Trinajstić information content (AvgIpc) is 3.66. The van der Waals surface area contributed by atoms with Gasteiger partial charge in [0.1, 0.15) is 42.4 Å². The molecule has 2 aromatic heterocycles. The topological polar surface area (TPSA) is 384 Å². The lowest BCUT2D eigenvalue weighted by Gasteiger charge is -2.30. The summed E-state index contributed by atoms with van der Waals surface area (Å²) in [7, 11) is -16.4. The van der Waals surface area contributed by atoms with Gasteiger partial charge in [-0.3, -0.25) is 32.5 Å². The minimum atomic E-state index is -5.58. The number of aliphatic hydroxyl groups is 3. The van der Waals surface area contributed by atoms with Gasteiger partial charge in [-0.25, -0.2) is 28.6 Å². The van der Waals surface area contributed by atoms with Crippen molar-refractivity contribution in [3.8, 4) is 0 Å². The Bertz CT molecular complexity index is 1820. The molecule has 8 atom stereocenters. The van der Waals surface area contributed by atoms with Crippen LogP contribution in [0.15, 0.2) is 12.7 Å². The van der Waals surface area contributed by atoms with E-state index in [0.29, 0.717) is 12.2 Å². The van der Waals surface area contributed by atoms with Crippen LogP contribution in [-0.4, -0.2) is 146 Å². The van der Waals surface area contributed by atoms with E-state index in [1.54, 1.807) is 0 Å². The number of nitrogens with zero attached hydrogens (tertiary/aromatic N) is 4. The van der Waals surface area contributed by atoms with Gasteiger partial charge in [-0.1, -0.05) is 25.6 Å². The Kier molecular flexibility index (Phi) is 17.8. The second-order valence-electron chi connectivity index (χ2n) is 12.5. The molecule has 0 saturated carbocycles. The molecule has 3 unspecified atom stereocenters. The number of ether oxygens (including phenoxy) is 1. The van der Waals surface area contributed by atoms with Crippen molar-refractivity contribution in [3.63, 3.8) is 0 Å². The lowest BCUT2D eigenvalue weighted by atomic mass is 9.87. The molecule has 0 radical (unpaired) electrons. The first kappa shape index (κ1) is 48.2. The Morgan fingerprint density at radius 3 is 2.38 bits per heavy atom. The molecule has 56 heavy (non-hydrogen) atoms. The van der Waals surface area contributed by atoms with Crippen molar-refractivity contribution >= 4 is 80.9 Å². The van der Waals surface area contributed by atoms with E-state index in [9.17, 15) is 63.0 Å². The number of nitrogen functional groups attached to an aromatic ring is 1. The maximum absolute atomic E-state index is 12.7. The van der Waals surface area contributed by atoms with Crippen molar-refractivity contribution in [3.05, 3.63) is 12.7 Å². The van der Waals surface area contributed by atoms with Gasteiger partial charge >= 0.3 is 23.5 Å². The fraction of sp³-hybridized carbons (Fsp3) is 0.692. The van der Waals surface area contributed by atoms with Crippen molar-refractivity contribution in [2.75, 3.05) is 49.8 Å². The highest BCUT2D eigenvalue weighted by molar-refractivity contribution is 8.13. The minimum absolute atomic E-state index is 0.0255. The molecule has 1 aliphatic rings. The fourth-order valence-corrected chi connectivity index (χ4v) is 8.73. The highest BCUT2D eigenvalue weighted by Crippen LogP contribution is 2.61. The number of imidazole rings is 1. The number of phosphoric acid groups is 3. The van der Waals surface area contributed by atoms with Crippen molar-refractivity contribution in [2.24, 2.45) is 5.41 Å². The molecular weight excluding hydrogens is 855 g/mol. The van der Waals surface area contributed by atoms with E-state index in [1.165, 1.54) is 25.6 Å². The zero-order valence-electron chi connectivity index (χ0n) is 29.9. The molecular formula is C26H44N7O18P3S2. The number of carbonyl (C=O) groups is 3. The number of carbonyl (C=O) groups excluding carboxylic acids is 3. The summed E-state index contributed by atoms with van der Waals surface area (Å²) in [4.78, 5) is 87.4. The number of hydrogen-bond acceptors (Lipinski definition) is 20. The first-order valence-corrected chi connectivity index (χ1v) is 23.1. The Labute approximate surface area is 327 Å². The number of hydrogen-bond donors (Lipinski definition) is 10. The van der Waals surface area contributed by atoms with Crippen LogP contribution in [0.5, 0.6) is 0 Å². The van der Waals surface area contributed by atoms with E-state index >= 15 is 0 Å². The van der Waals surface area contributed by atoms with Crippen LogP contribution in [-0.2, 0) is 50.7 Å². The molecule has 0 spiro atoms. The maximum Gasteiger partial charge on any atom is 0.481 e. The third-order valence-corrected chi connectivity index (χ3v) is 12.3. The Balaban J connectivity index is 1.48. The summed E-state index contributed by atoms with van der Waals surface area (Å²) in [6.45, 7) is 0.318. The minimum Gasteiger partial charge on any atom is -0.386 e. The predicted molar refractivity (Wildman–Crippen MR) is 196 cm³/mol. The van der Waals surface area contributed by atoms with Gasteiger partial charge in [0.2, 0.25) is 16.9 Å². The number of phosphoric ester groups is 3. The van der Waals surface area contributed by atoms with Crippen molar-refractivity contribution in [1.82, 2.24) is 30.2 Å². The summed E-state index contributed by atoms with van der Waals surface area (Å²) < 4.78 is 62.0. The highest BCUT2D eigenvalue weighted by Gasteiger charge is 2.50. The van der Waals surface area contributed by atoms with Gasteiger partial charge in [0, 0.05) is 30.7 Å². The van der Waals surface area contributed by atoms with E-state index in [0.717, 1.165) is 29.0 Å². The number of fused-ring (bicyclic) bond motifs is 1. The van der Waals surface area contributed by atoms with Gasteiger partial charge < -0.3 is 56.0 Å². The van der Waals surface area contributed by atoms with E-state index in [-0.39, 0.29) is 42.2 Å². The average molecular weight is 900 g/mol. The largest absolute Gasteiger partial charge is 0.481 e. The number of nitrogens with one attached hydrogen (secondary N) is 2. The fourth-order valence-electron chi connectivity index (χ4n) is 4.73. The van der Waals surface area contributed by atoms with Crippen LogP contribution in [0.1, 0.15) is 32.9 Å². The summed E-state index contributed by atoms with van der Waals surface area (Å²) in [5.74, 6) is -0.703. The summed E-state index contributed by atoms with van der Waals surface area (Å²) >= 11 is 2.36. The number of aliphatic hydroxyl groups excluding tert-OH is 3. The van der Waals surface area contributed by atoms with Gasteiger partial charge in [0.15, 0.2) is 17.7 Å². The molecule has 3 rings (SSSR count). The lowest BCUT2D eigenvalue weighted by molar-refractivity contribution is -0.137. The number of aromatic nitrogens is 4. The number of amides is 2. The van der Waals surface area contributed by atoms with Crippen LogP contribution in [0.4, 0.5) is 5.82 Å². The predicted octanol–water partition coefficient (Wildman–Crippen LogP) is -1.22. The number of rotatable bonds is 23. The van der Waals surface area contributed by atoms with Crippen LogP contribution >= 0.6 is 47.0 Å². The molecule has 1 saturated heterocycles. The molecule has 0 bridgehead atoms. The van der Waals surface area contributed by atoms with E-state index in [4.69, 9.17) is 19.5 Å². The molecule has 3 heterocycles. The molecule has 1 aliphatic heterocycles. The molecule has 0 aliphatic carbocycles. The smallest absolute Gasteiger partial charge is 0.386 e. The van der Waals surface area contributed by atoms with E-state index in [2.05, 4.69) is 34.4 Å². The second kappa shape index (κ2) is 20.7. The zero-order valence-corrected chi connectivity index (χ0v) is 34.2. The van der Waals surface area contributed by atoms with Crippen molar-refractivity contribution in [2.45, 2.75) is 63.4 Å². The molecule has 2 aromatic rings. The Hall–Kier alpha value is -2.13. The standard InChI is InChI=1S/C26H44N7O18P3S2/c1-26(2,20(37)23(38)29-6-4-16(35)28-7-9-56-25(39)14(34)5-8-55-3)11-48-54(45,46)51-53(43,44)47-10-15-19(50-52(40,41)42)18(36)24(49-15)33-13-32-17-21(27)30-12-31-22(17)33/h12-15,18-20,24,34,36-37H,4-11H2,1-3H3,(H,28,35)(H,29,38)(H,43,44)(H,45,46)(H2,27,30,31)(H2,40,41,42)/t14?,15-,18-,19-,20+,24-/m1/s1. The molecule has 1 fully saturated rings. The van der Waals surface area contributed by atoms with Crippen LogP contribution in [0.3, 0.4) is 0 Å².